The molecule has 1 N–H and O–H groups in total. The highest BCUT2D eigenvalue weighted by Gasteiger charge is 2.31. The van der Waals surface area contributed by atoms with E-state index in [0.717, 1.165) is 24.4 Å². The topological polar surface area (TPSA) is 68.9 Å². The van der Waals surface area contributed by atoms with Gasteiger partial charge in [0.1, 0.15) is 11.6 Å². The molecular formula is C20H19FN4O2. The molecule has 0 spiro atoms. The maximum absolute atomic E-state index is 12.9. The maximum Gasteiger partial charge on any atom is 0.350 e. The molecule has 1 aliphatic carbocycles. The van der Waals surface area contributed by atoms with E-state index in [1.807, 2.05) is 30.3 Å². The summed E-state index contributed by atoms with van der Waals surface area (Å²) in [5.41, 5.74) is 0.961. The van der Waals surface area contributed by atoms with Crippen LogP contribution in [-0.2, 0) is 6.54 Å². The Morgan fingerprint density at radius 2 is 1.81 bits per heavy atom. The number of para-hydroxylation sites is 1. The normalized spacial score (nSPS) is 13.5. The molecule has 6 nitrogen and oxygen atoms in total. The molecule has 27 heavy (non-hydrogen) atoms. The number of nitrogens with zero attached hydrogens (tertiary/aromatic N) is 3. The van der Waals surface area contributed by atoms with E-state index in [2.05, 4.69) is 10.4 Å². The van der Waals surface area contributed by atoms with Crippen molar-refractivity contribution in [1.82, 2.24) is 19.7 Å². The number of carbonyl (C=O) groups excluding carboxylic acids is 1. The summed E-state index contributed by atoms with van der Waals surface area (Å²) >= 11 is 0. The van der Waals surface area contributed by atoms with Gasteiger partial charge < -0.3 is 5.32 Å². The van der Waals surface area contributed by atoms with Crippen LogP contribution in [0.3, 0.4) is 0 Å². The number of hydrogen-bond donors (Lipinski definition) is 1. The average molecular weight is 366 g/mol. The van der Waals surface area contributed by atoms with Gasteiger partial charge >= 0.3 is 5.69 Å². The zero-order valence-electron chi connectivity index (χ0n) is 14.6. The van der Waals surface area contributed by atoms with Crippen LogP contribution in [0.1, 0.15) is 34.9 Å². The summed E-state index contributed by atoms with van der Waals surface area (Å²) in [7, 11) is 0. The summed E-state index contributed by atoms with van der Waals surface area (Å²) in [5.74, 6) is 0.383. The van der Waals surface area contributed by atoms with Gasteiger partial charge in [-0.25, -0.2) is 18.4 Å². The molecule has 1 saturated carbocycles. The third-order valence-electron chi connectivity index (χ3n) is 4.54. The fraction of sp³-hybridized carbons (Fsp3) is 0.250. The summed E-state index contributed by atoms with van der Waals surface area (Å²) in [6, 6.07) is 14.8. The molecule has 1 fully saturated rings. The molecule has 0 saturated heterocycles. The van der Waals surface area contributed by atoms with Gasteiger partial charge in [-0.3, -0.25) is 4.79 Å². The molecular weight excluding hydrogens is 347 g/mol. The van der Waals surface area contributed by atoms with E-state index in [1.165, 1.54) is 28.9 Å². The third kappa shape index (κ3) is 3.67. The predicted molar refractivity (Wildman–Crippen MR) is 98.5 cm³/mol. The largest absolute Gasteiger partial charge is 0.350 e. The lowest BCUT2D eigenvalue weighted by Gasteiger charge is -2.05. The Balaban J connectivity index is 1.49. The summed E-state index contributed by atoms with van der Waals surface area (Å²) in [5, 5.41) is 7.23. The van der Waals surface area contributed by atoms with Gasteiger partial charge in [-0.1, -0.05) is 18.2 Å². The Morgan fingerprint density at radius 3 is 2.48 bits per heavy atom. The zero-order chi connectivity index (χ0) is 18.8. The number of hydrogen-bond acceptors (Lipinski definition) is 3. The minimum absolute atomic E-state index is 0.209. The number of halogens is 1. The first-order valence-electron chi connectivity index (χ1n) is 8.92. The lowest BCUT2D eigenvalue weighted by atomic mass is 10.2. The van der Waals surface area contributed by atoms with Gasteiger partial charge in [0.2, 0.25) is 0 Å². The second-order valence-electron chi connectivity index (χ2n) is 6.57. The van der Waals surface area contributed by atoms with E-state index in [1.54, 1.807) is 4.57 Å². The summed E-state index contributed by atoms with van der Waals surface area (Å²) in [6.45, 7) is 0.525. The van der Waals surface area contributed by atoms with Crippen molar-refractivity contribution in [2.75, 3.05) is 6.54 Å². The second kappa shape index (κ2) is 7.19. The van der Waals surface area contributed by atoms with Crippen LogP contribution >= 0.6 is 0 Å². The van der Waals surface area contributed by atoms with Crippen LogP contribution in [0.15, 0.2) is 59.4 Å². The number of carbonyl (C=O) groups is 1. The SMILES string of the molecule is O=C(NCCn1nc(C2CC2)n(-c2ccccc2)c1=O)c1ccc(F)cc1. The van der Waals surface area contributed by atoms with Crippen molar-refractivity contribution in [3.63, 3.8) is 0 Å². The van der Waals surface area contributed by atoms with Crippen LogP contribution in [0.25, 0.3) is 5.69 Å². The highest BCUT2D eigenvalue weighted by Crippen LogP contribution is 2.39. The van der Waals surface area contributed by atoms with E-state index in [-0.39, 0.29) is 24.7 Å². The molecule has 1 aliphatic rings. The molecule has 3 aromatic rings. The molecule has 0 aliphatic heterocycles. The van der Waals surface area contributed by atoms with Crippen molar-refractivity contribution in [2.45, 2.75) is 25.3 Å². The lowest BCUT2D eigenvalue weighted by molar-refractivity contribution is 0.0951. The molecule has 1 amide bonds. The summed E-state index contributed by atoms with van der Waals surface area (Å²) < 4.78 is 16.0. The number of aromatic nitrogens is 3. The van der Waals surface area contributed by atoms with Crippen LogP contribution < -0.4 is 11.0 Å². The molecule has 0 unspecified atom stereocenters. The Hall–Kier alpha value is -3.22. The summed E-state index contributed by atoms with van der Waals surface area (Å²) in [6.07, 6.45) is 2.06. The van der Waals surface area contributed by atoms with Crippen molar-refractivity contribution >= 4 is 5.91 Å². The minimum Gasteiger partial charge on any atom is -0.350 e. The molecule has 1 heterocycles. The van der Waals surface area contributed by atoms with E-state index in [4.69, 9.17) is 0 Å². The molecule has 7 heteroatoms. The molecule has 138 valence electrons. The first-order valence-corrected chi connectivity index (χ1v) is 8.92. The van der Waals surface area contributed by atoms with Crippen molar-refractivity contribution < 1.29 is 9.18 Å². The molecule has 4 rings (SSSR count). The monoisotopic (exact) mass is 366 g/mol. The smallest absolute Gasteiger partial charge is 0.350 e. The maximum atomic E-state index is 12.9. The third-order valence-corrected chi connectivity index (χ3v) is 4.54. The molecule has 0 bridgehead atoms. The molecule has 0 radical (unpaired) electrons. The first kappa shape index (κ1) is 17.2. The number of benzene rings is 2. The second-order valence-corrected chi connectivity index (χ2v) is 6.57. The van der Waals surface area contributed by atoms with Crippen LogP contribution in [0.2, 0.25) is 0 Å². The highest BCUT2D eigenvalue weighted by atomic mass is 19.1. The highest BCUT2D eigenvalue weighted by molar-refractivity contribution is 5.94. The predicted octanol–water partition coefficient (Wildman–Crippen LogP) is 2.48. The minimum atomic E-state index is -0.392. The quantitative estimate of drug-likeness (QED) is 0.729. The Bertz CT molecular complexity index is 1000. The average Bonchev–Trinajstić information content (AvgIpc) is 3.48. The number of amides is 1. The van der Waals surface area contributed by atoms with Crippen molar-refractivity contribution in [3.8, 4) is 5.69 Å². The van der Waals surface area contributed by atoms with Crippen LogP contribution in [0.4, 0.5) is 4.39 Å². The standard InChI is InChI=1S/C20H19FN4O2/c21-16-10-8-15(9-11-16)19(26)22-12-13-24-20(27)25(17-4-2-1-3-5-17)18(23-24)14-6-7-14/h1-5,8-11,14H,6-7,12-13H2,(H,22,26). The fourth-order valence-corrected chi connectivity index (χ4v) is 2.97. The molecule has 2 aromatic carbocycles. The van der Waals surface area contributed by atoms with E-state index < -0.39 is 5.82 Å². The molecule has 0 atom stereocenters. The van der Waals surface area contributed by atoms with Gasteiger partial charge in [-0.2, -0.15) is 5.10 Å². The fourth-order valence-electron chi connectivity index (χ4n) is 2.97. The van der Waals surface area contributed by atoms with Crippen LogP contribution in [0, 0.1) is 5.82 Å². The zero-order valence-corrected chi connectivity index (χ0v) is 14.6. The number of rotatable bonds is 6. The van der Waals surface area contributed by atoms with Crippen molar-refractivity contribution in [2.24, 2.45) is 0 Å². The van der Waals surface area contributed by atoms with Gasteiger partial charge in [-0.05, 0) is 49.2 Å². The summed E-state index contributed by atoms with van der Waals surface area (Å²) in [4.78, 5) is 24.9. The van der Waals surface area contributed by atoms with Gasteiger partial charge in [0, 0.05) is 18.0 Å². The van der Waals surface area contributed by atoms with Gasteiger partial charge in [0.05, 0.1) is 12.2 Å². The Morgan fingerprint density at radius 1 is 1.11 bits per heavy atom. The van der Waals surface area contributed by atoms with Crippen LogP contribution in [0.5, 0.6) is 0 Å². The first-order chi connectivity index (χ1) is 13.1. The van der Waals surface area contributed by atoms with Gasteiger partial charge in [0.25, 0.3) is 5.91 Å². The molecule has 1 aromatic heterocycles. The van der Waals surface area contributed by atoms with Gasteiger partial charge in [0.15, 0.2) is 0 Å². The van der Waals surface area contributed by atoms with Crippen molar-refractivity contribution in [1.29, 1.82) is 0 Å². The van der Waals surface area contributed by atoms with Crippen LogP contribution in [-0.4, -0.2) is 26.8 Å². The lowest BCUT2D eigenvalue weighted by Crippen LogP contribution is -2.32. The number of nitrogens with one attached hydrogen (secondary N) is 1. The van der Waals surface area contributed by atoms with E-state index >= 15 is 0 Å². The Kier molecular flexibility index (Phi) is 4.58. The van der Waals surface area contributed by atoms with E-state index in [0.29, 0.717) is 11.5 Å². The Labute approximate surface area is 155 Å². The van der Waals surface area contributed by atoms with Gasteiger partial charge in [-0.15, -0.1) is 0 Å². The van der Waals surface area contributed by atoms with Crippen molar-refractivity contribution in [3.05, 3.63) is 82.3 Å². The van der Waals surface area contributed by atoms with E-state index in [9.17, 15) is 14.0 Å².